The maximum atomic E-state index is 11.6. The Morgan fingerprint density at radius 3 is 2.74 bits per heavy atom. The van der Waals surface area contributed by atoms with Crippen LogP contribution in [0.25, 0.3) is 6.08 Å². The molecule has 0 bridgehead atoms. The van der Waals surface area contributed by atoms with E-state index < -0.39 is 0 Å². The summed E-state index contributed by atoms with van der Waals surface area (Å²) in [6.07, 6.45) is 5.36. The van der Waals surface area contributed by atoms with Crippen molar-refractivity contribution in [3.8, 4) is 11.5 Å². The van der Waals surface area contributed by atoms with Gasteiger partial charge >= 0.3 is 5.97 Å². The van der Waals surface area contributed by atoms with Crippen molar-refractivity contribution in [3.05, 3.63) is 65.7 Å². The summed E-state index contributed by atoms with van der Waals surface area (Å²) in [5, 5.41) is 0. The van der Waals surface area contributed by atoms with Gasteiger partial charge in [-0.25, -0.2) is 4.79 Å². The largest absolute Gasteiger partial charge is 0.480 e. The predicted molar refractivity (Wildman–Crippen MR) is 116 cm³/mol. The van der Waals surface area contributed by atoms with E-state index in [1.165, 1.54) is 6.08 Å². The SMILES string of the molecule is CCOC(=O)/C=C/c1ccc2c(c1)O[C@H](COC1CCCCO1)[C@@H](c1ccccc1)O2. The second-order valence-corrected chi connectivity index (χ2v) is 7.53. The molecule has 0 aromatic heterocycles. The lowest BCUT2D eigenvalue weighted by Crippen LogP contribution is -2.38. The van der Waals surface area contributed by atoms with Crippen LogP contribution in [0, 0.1) is 0 Å². The van der Waals surface area contributed by atoms with Gasteiger partial charge in [0.2, 0.25) is 0 Å². The number of hydrogen-bond acceptors (Lipinski definition) is 6. The van der Waals surface area contributed by atoms with Crippen molar-refractivity contribution in [1.82, 2.24) is 0 Å². The fourth-order valence-electron chi connectivity index (χ4n) is 3.70. The van der Waals surface area contributed by atoms with E-state index in [0.29, 0.717) is 24.7 Å². The van der Waals surface area contributed by atoms with Crippen LogP contribution in [0.5, 0.6) is 11.5 Å². The van der Waals surface area contributed by atoms with Crippen molar-refractivity contribution in [2.75, 3.05) is 19.8 Å². The van der Waals surface area contributed by atoms with E-state index in [-0.39, 0.29) is 24.5 Å². The first-order valence-electron chi connectivity index (χ1n) is 10.8. The third-order valence-corrected chi connectivity index (χ3v) is 5.25. The van der Waals surface area contributed by atoms with E-state index in [9.17, 15) is 4.79 Å². The molecular formula is C25H28O6. The van der Waals surface area contributed by atoms with E-state index in [4.69, 9.17) is 23.7 Å². The highest BCUT2D eigenvalue weighted by Crippen LogP contribution is 2.40. The van der Waals surface area contributed by atoms with Gasteiger partial charge in [-0.1, -0.05) is 36.4 Å². The van der Waals surface area contributed by atoms with Crippen LogP contribution in [-0.4, -0.2) is 38.2 Å². The number of ether oxygens (including phenoxy) is 5. The summed E-state index contributed by atoms with van der Waals surface area (Å²) in [6, 6.07) is 15.6. The molecule has 0 aliphatic carbocycles. The molecule has 1 fully saturated rings. The van der Waals surface area contributed by atoms with Crippen LogP contribution in [0.1, 0.15) is 43.4 Å². The molecule has 3 atom stereocenters. The average molecular weight is 424 g/mol. The lowest BCUT2D eigenvalue weighted by atomic mass is 10.0. The molecule has 164 valence electrons. The number of benzene rings is 2. The van der Waals surface area contributed by atoms with Crippen molar-refractivity contribution in [3.63, 3.8) is 0 Å². The molecule has 0 saturated carbocycles. The van der Waals surface area contributed by atoms with Gasteiger partial charge in [0.25, 0.3) is 0 Å². The minimum Gasteiger partial charge on any atom is -0.480 e. The quantitative estimate of drug-likeness (QED) is 0.475. The minimum atomic E-state index is -0.375. The summed E-state index contributed by atoms with van der Waals surface area (Å²) < 4.78 is 29.3. The zero-order valence-electron chi connectivity index (χ0n) is 17.7. The van der Waals surface area contributed by atoms with Gasteiger partial charge in [0.15, 0.2) is 30.0 Å². The molecule has 0 N–H and O–H groups in total. The van der Waals surface area contributed by atoms with E-state index in [0.717, 1.165) is 37.0 Å². The zero-order chi connectivity index (χ0) is 21.5. The highest BCUT2D eigenvalue weighted by molar-refractivity contribution is 5.87. The van der Waals surface area contributed by atoms with Gasteiger partial charge in [-0.3, -0.25) is 0 Å². The lowest BCUT2D eigenvalue weighted by Gasteiger charge is -2.35. The number of carbonyl (C=O) groups excluding carboxylic acids is 1. The Morgan fingerprint density at radius 1 is 1.10 bits per heavy atom. The molecule has 1 saturated heterocycles. The standard InChI is InChI=1S/C25H28O6/c1-2-27-23(26)14-12-18-11-13-20-21(16-18)30-22(17-29-24-10-6-7-15-28-24)25(31-20)19-8-4-3-5-9-19/h3-5,8-9,11-14,16,22,24-25H,2,6-7,10,15,17H2,1H3/b14-12+/t22-,24?,25-/m1/s1. The van der Waals surface area contributed by atoms with Gasteiger partial charge in [-0.2, -0.15) is 0 Å². The van der Waals surface area contributed by atoms with Crippen LogP contribution < -0.4 is 9.47 Å². The summed E-state index contributed by atoms with van der Waals surface area (Å²) in [4.78, 5) is 11.6. The number of carbonyl (C=O) groups is 1. The summed E-state index contributed by atoms with van der Waals surface area (Å²) in [5.41, 5.74) is 1.85. The van der Waals surface area contributed by atoms with Crippen molar-refractivity contribution in [1.29, 1.82) is 0 Å². The van der Waals surface area contributed by atoms with Crippen LogP contribution >= 0.6 is 0 Å². The molecule has 2 aromatic carbocycles. The summed E-state index contributed by atoms with van der Waals surface area (Å²) >= 11 is 0. The first kappa shape index (κ1) is 21.4. The van der Waals surface area contributed by atoms with Crippen LogP contribution in [0.3, 0.4) is 0 Å². The van der Waals surface area contributed by atoms with Gasteiger partial charge in [-0.05, 0) is 55.5 Å². The number of hydrogen-bond donors (Lipinski definition) is 0. The van der Waals surface area contributed by atoms with Gasteiger partial charge in [0.1, 0.15) is 0 Å². The first-order valence-corrected chi connectivity index (χ1v) is 10.8. The molecule has 6 nitrogen and oxygen atoms in total. The fourth-order valence-corrected chi connectivity index (χ4v) is 3.70. The Morgan fingerprint density at radius 2 is 1.97 bits per heavy atom. The summed E-state index contributed by atoms with van der Waals surface area (Å²) in [6.45, 7) is 3.21. The van der Waals surface area contributed by atoms with Crippen LogP contribution in [0.2, 0.25) is 0 Å². The van der Waals surface area contributed by atoms with Crippen LogP contribution in [-0.2, 0) is 19.0 Å². The Labute approximate surface area is 182 Å². The highest BCUT2D eigenvalue weighted by atomic mass is 16.7. The van der Waals surface area contributed by atoms with Crippen molar-refractivity contribution in [2.24, 2.45) is 0 Å². The number of esters is 1. The smallest absolute Gasteiger partial charge is 0.330 e. The molecule has 2 aliphatic rings. The maximum Gasteiger partial charge on any atom is 0.330 e. The topological polar surface area (TPSA) is 63.2 Å². The summed E-state index contributed by atoms with van der Waals surface area (Å²) in [5.74, 6) is 0.906. The van der Waals surface area contributed by atoms with Crippen LogP contribution in [0.4, 0.5) is 0 Å². The van der Waals surface area contributed by atoms with Gasteiger partial charge in [0, 0.05) is 12.7 Å². The summed E-state index contributed by atoms with van der Waals surface area (Å²) in [7, 11) is 0. The monoisotopic (exact) mass is 424 g/mol. The average Bonchev–Trinajstić information content (AvgIpc) is 2.82. The van der Waals surface area contributed by atoms with E-state index in [2.05, 4.69) is 0 Å². The molecule has 0 radical (unpaired) electrons. The normalized spacial score (nSPS) is 22.9. The van der Waals surface area contributed by atoms with E-state index >= 15 is 0 Å². The van der Waals surface area contributed by atoms with E-state index in [1.807, 2.05) is 48.5 Å². The molecule has 0 amide bonds. The number of rotatable bonds is 7. The van der Waals surface area contributed by atoms with Gasteiger partial charge < -0.3 is 23.7 Å². The Kier molecular flexibility index (Phi) is 7.22. The first-order chi connectivity index (χ1) is 15.2. The molecule has 2 heterocycles. The van der Waals surface area contributed by atoms with Gasteiger partial charge in [0.05, 0.1) is 13.2 Å². The fraction of sp³-hybridized carbons (Fsp3) is 0.400. The second kappa shape index (κ2) is 10.5. The molecule has 6 heteroatoms. The molecular weight excluding hydrogens is 396 g/mol. The Bertz CT molecular complexity index is 888. The predicted octanol–water partition coefficient (Wildman–Crippen LogP) is 4.69. The van der Waals surface area contributed by atoms with Crippen molar-refractivity contribution < 1.29 is 28.5 Å². The van der Waals surface area contributed by atoms with Gasteiger partial charge in [-0.15, -0.1) is 0 Å². The molecule has 1 unspecified atom stereocenters. The Balaban J connectivity index is 1.52. The minimum absolute atomic E-state index is 0.200. The van der Waals surface area contributed by atoms with Crippen LogP contribution in [0.15, 0.2) is 54.6 Å². The highest BCUT2D eigenvalue weighted by Gasteiger charge is 2.34. The second-order valence-electron chi connectivity index (χ2n) is 7.53. The zero-order valence-corrected chi connectivity index (χ0v) is 17.7. The third kappa shape index (κ3) is 5.66. The molecule has 31 heavy (non-hydrogen) atoms. The molecule has 2 aliphatic heterocycles. The maximum absolute atomic E-state index is 11.6. The van der Waals surface area contributed by atoms with Crippen molar-refractivity contribution >= 4 is 12.0 Å². The molecule has 2 aromatic rings. The van der Waals surface area contributed by atoms with Crippen molar-refractivity contribution in [2.45, 2.75) is 44.7 Å². The lowest BCUT2D eigenvalue weighted by molar-refractivity contribution is -0.181. The Hall–Kier alpha value is -2.83. The molecule has 4 rings (SSSR count). The third-order valence-electron chi connectivity index (χ3n) is 5.25. The van der Waals surface area contributed by atoms with E-state index in [1.54, 1.807) is 13.0 Å². The number of fused-ring (bicyclic) bond motifs is 1. The molecule has 0 spiro atoms.